The molecule has 1 aromatic carbocycles. The first-order valence-corrected chi connectivity index (χ1v) is 10.4. The van der Waals surface area contributed by atoms with Gasteiger partial charge in [-0.15, -0.1) is 0 Å². The lowest BCUT2D eigenvalue weighted by molar-refractivity contribution is -0.0511. The zero-order chi connectivity index (χ0) is 18.4. The molecule has 0 radical (unpaired) electrons. The van der Waals surface area contributed by atoms with Gasteiger partial charge < -0.3 is 9.88 Å². The minimum atomic E-state index is 0.215. The summed E-state index contributed by atoms with van der Waals surface area (Å²) in [5.74, 6) is 1.44. The Morgan fingerprint density at radius 1 is 1.07 bits per heavy atom. The molecule has 1 amide bonds. The van der Waals surface area contributed by atoms with Gasteiger partial charge in [0.25, 0.3) is 5.91 Å². The van der Waals surface area contributed by atoms with E-state index in [1.54, 1.807) is 0 Å². The summed E-state index contributed by atoms with van der Waals surface area (Å²) in [6.07, 6.45) is 7.02. The normalized spacial score (nSPS) is 30.8. The van der Waals surface area contributed by atoms with E-state index in [-0.39, 0.29) is 5.91 Å². The van der Waals surface area contributed by atoms with E-state index in [2.05, 4.69) is 45.1 Å². The van der Waals surface area contributed by atoms with Crippen molar-refractivity contribution in [3.05, 3.63) is 59.4 Å². The smallest absolute Gasteiger partial charge is 0.255 e. The highest BCUT2D eigenvalue weighted by molar-refractivity contribution is 5.95. The van der Waals surface area contributed by atoms with Crippen LogP contribution in [0.2, 0.25) is 0 Å². The van der Waals surface area contributed by atoms with Gasteiger partial charge in [-0.25, -0.2) is 0 Å². The summed E-state index contributed by atoms with van der Waals surface area (Å²) in [5.41, 5.74) is 3.30. The third kappa shape index (κ3) is 3.00. The number of piperidine rings is 3. The zero-order valence-corrected chi connectivity index (χ0v) is 16.1. The molecule has 0 unspecified atom stereocenters. The van der Waals surface area contributed by atoms with Gasteiger partial charge in [-0.3, -0.25) is 9.69 Å². The molecule has 4 heteroatoms. The highest BCUT2D eigenvalue weighted by atomic mass is 16.2. The number of carbonyl (C=O) groups is 1. The lowest BCUT2D eigenvalue weighted by atomic mass is 9.74. The van der Waals surface area contributed by atoms with Gasteiger partial charge in [0.05, 0.1) is 5.56 Å². The minimum absolute atomic E-state index is 0.215. The molecule has 0 aliphatic carbocycles. The van der Waals surface area contributed by atoms with Crippen molar-refractivity contribution in [1.29, 1.82) is 0 Å². The second-order valence-electron chi connectivity index (χ2n) is 8.71. The van der Waals surface area contributed by atoms with Crippen LogP contribution >= 0.6 is 0 Å². The molecule has 3 saturated heterocycles. The maximum absolute atomic E-state index is 13.1. The summed E-state index contributed by atoms with van der Waals surface area (Å²) < 4.78 is 0. The number of aromatic nitrogens is 1. The van der Waals surface area contributed by atoms with E-state index >= 15 is 0 Å². The molecule has 1 aromatic heterocycles. The standard InChI is InChI=1S/C23H29N3O/c1-16-20(10-11-24-16)23(27)25-13-17-12-19(15-25)22-9-5-8-21(26(22)14-17)18-6-3-2-4-7-18/h2-4,6-7,10-11,17,19,21-22,24H,5,8-9,12-15H2,1H3/t17-,19+,21+,22-/m0/s1. The first kappa shape index (κ1) is 17.1. The molecule has 4 atom stereocenters. The predicted molar refractivity (Wildman–Crippen MR) is 107 cm³/mol. The van der Waals surface area contributed by atoms with Crippen molar-refractivity contribution in [1.82, 2.24) is 14.8 Å². The van der Waals surface area contributed by atoms with E-state index < -0.39 is 0 Å². The molecule has 3 aliphatic heterocycles. The monoisotopic (exact) mass is 363 g/mol. The van der Waals surface area contributed by atoms with Crippen LogP contribution in [0.25, 0.3) is 0 Å². The average molecular weight is 364 g/mol. The van der Waals surface area contributed by atoms with Gasteiger partial charge in [0, 0.05) is 43.6 Å². The maximum Gasteiger partial charge on any atom is 0.255 e. The minimum Gasteiger partial charge on any atom is -0.365 e. The lowest BCUT2D eigenvalue weighted by Crippen LogP contribution is -2.60. The van der Waals surface area contributed by atoms with Gasteiger partial charge in [0.15, 0.2) is 0 Å². The molecule has 142 valence electrons. The van der Waals surface area contributed by atoms with Crippen molar-refractivity contribution in [2.24, 2.45) is 11.8 Å². The molecule has 2 aromatic rings. The van der Waals surface area contributed by atoms with Crippen molar-refractivity contribution in [3.8, 4) is 0 Å². The first-order chi connectivity index (χ1) is 13.2. The number of aromatic amines is 1. The molecule has 4 heterocycles. The summed E-state index contributed by atoms with van der Waals surface area (Å²) in [4.78, 5) is 21.1. The number of nitrogens with one attached hydrogen (secondary N) is 1. The fraction of sp³-hybridized carbons (Fsp3) is 0.522. The van der Waals surface area contributed by atoms with Gasteiger partial charge in [-0.1, -0.05) is 30.3 Å². The Kier molecular flexibility index (Phi) is 4.31. The Labute approximate surface area is 161 Å². The number of fused-ring (bicyclic) bond motifs is 4. The van der Waals surface area contributed by atoms with E-state index in [0.29, 0.717) is 23.9 Å². The summed E-state index contributed by atoms with van der Waals surface area (Å²) in [7, 11) is 0. The maximum atomic E-state index is 13.1. The van der Waals surface area contributed by atoms with Crippen molar-refractivity contribution in [2.75, 3.05) is 19.6 Å². The van der Waals surface area contributed by atoms with Gasteiger partial charge in [-0.2, -0.15) is 0 Å². The quantitative estimate of drug-likeness (QED) is 0.876. The fourth-order valence-electron chi connectivity index (χ4n) is 5.86. The summed E-state index contributed by atoms with van der Waals surface area (Å²) >= 11 is 0. The third-order valence-corrected chi connectivity index (χ3v) is 7.04. The molecule has 4 nitrogen and oxygen atoms in total. The van der Waals surface area contributed by atoms with Crippen LogP contribution in [0.4, 0.5) is 0 Å². The number of benzene rings is 1. The van der Waals surface area contributed by atoms with E-state index in [1.807, 2.05) is 19.2 Å². The van der Waals surface area contributed by atoms with Crippen molar-refractivity contribution >= 4 is 5.91 Å². The van der Waals surface area contributed by atoms with Crippen molar-refractivity contribution in [2.45, 2.75) is 44.7 Å². The van der Waals surface area contributed by atoms with Crippen LogP contribution in [-0.2, 0) is 0 Å². The van der Waals surface area contributed by atoms with Crippen LogP contribution in [0, 0.1) is 18.8 Å². The van der Waals surface area contributed by atoms with E-state index in [1.165, 1.54) is 31.2 Å². The third-order valence-electron chi connectivity index (χ3n) is 7.04. The van der Waals surface area contributed by atoms with E-state index in [9.17, 15) is 4.79 Å². The summed E-state index contributed by atoms with van der Waals surface area (Å²) in [6, 6.07) is 14.2. The molecule has 0 spiro atoms. The fourth-order valence-corrected chi connectivity index (χ4v) is 5.86. The van der Waals surface area contributed by atoms with Crippen LogP contribution in [0.3, 0.4) is 0 Å². The van der Waals surface area contributed by atoms with Gasteiger partial charge in [-0.05, 0) is 56.1 Å². The number of carbonyl (C=O) groups excluding carboxylic acids is 1. The summed E-state index contributed by atoms with van der Waals surface area (Å²) in [6.45, 7) is 4.95. The van der Waals surface area contributed by atoms with E-state index in [4.69, 9.17) is 0 Å². The summed E-state index contributed by atoms with van der Waals surface area (Å²) in [5, 5.41) is 0. The van der Waals surface area contributed by atoms with Gasteiger partial charge in [0.1, 0.15) is 0 Å². The highest BCUT2D eigenvalue weighted by Gasteiger charge is 2.45. The highest BCUT2D eigenvalue weighted by Crippen LogP contribution is 2.44. The Bertz CT molecular complexity index is 814. The Hall–Kier alpha value is -2.07. The Balaban J connectivity index is 1.37. The van der Waals surface area contributed by atoms with Crippen molar-refractivity contribution < 1.29 is 4.79 Å². The van der Waals surface area contributed by atoms with Crippen LogP contribution in [0.1, 0.15) is 53.3 Å². The molecule has 3 aliphatic rings. The molecule has 5 rings (SSSR count). The van der Waals surface area contributed by atoms with Crippen molar-refractivity contribution in [3.63, 3.8) is 0 Å². The second-order valence-corrected chi connectivity index (χ2v) is 8.71. The molecule has 3 fully saturated rings. The molecular formula is C23H29N3O. The second kappa shape index (κ2) is 6.83. The Morgan fingerprint density at radius 3 is 2.70 bits per heavy atom. The number of rotatable bonds is 2. The predicted octanol–water partition coefficient (Wildman–Crippen LogP) is 4.01. The SMILES string of the molecule is Cc1[nH]ccc1C(=O)N1C[C@@H]2C[C@H](C1)[C@@H]1CCC[C@H](c3ccccc3)N1C2. The molecular weight excluding hydrogens is 334 g/mol. The largest absolute Gasteiger partial charge is 0.365 e. The van der Waals surface area contributed by atoms with Crippen LogP contribution in [-0.4, -0.2) is 46.4 Å². The number of hydrogen-bond acceptors (Lipinski definition) is 2. The number of aryl methyl sites for hydroxylation is 1. The zero-order valence-electron chi connectivity index (χ0n) is 16.1. The topological polar surface area (TPSA) is 39.3 Å². The van der Waals surface area contributed by atoms with Crippen LogP contribution < -0.4 is 0 Å². The van der Waals surface area contributed by atoms with E-state index in [0.717, 1.165) is 30.9 Å². The Morgan fingerprint density at radius 2 is 1.93 bits per heavy atom. The lowest BCUT2D eigenvalue weighted by Gasteiger charge is -2.55. The first-order valence-electron chi connectivity index (χ1n) is 10.4. The molecule has 2 bridgehead atoms. The molecule has 1 N–H and O–H groups in total. The molecule has 0 saturated carbocycles. The van der Waals surface area contributed by atoms with Gasteiger partial charge in [0.2, 0.25) is 0 Å². The van der Waals surface area contributed by atoms with Crippen LogP contribution in [0.5, 0.6) is 0 Å². The number of nitrogens with zero attached hydrogens (tertiary/aromatic N) is 2. The van der Waals surface area contributed by atoms with Gasteiger partial charge >= 0.3 is 0 Å². The number of amides is 1. The van der Waals surface area contributed by atoms with Crippen LogP contribution in [0.15, 0.2) is 42.6 Å². The average Bonchev–Trinajstić information content (AvgIpc) is 3.13. The number of H-pyrrole nitrogens is 1. The number of hydrogen-bond donors (Lipinski definition) is 1. The molecule has 27 heavy (non-hydrogen) atoms. The number of likely N-dealkylation sites (tertiary alicyclic amines) is 1.